The number of rotatable bonds is 6. The molecule has 0 bridgehead atoms. The van der Waals surface area contributed by atoms with Crippen molar-refractivity contribution in [1.82, 2.24) is 29.1 Å². The van der Waals surface area contributed by atoms with Gasteiger partial charge in [-0.1, -0.05) is 133 Å². The van der Waals surface area contributed by atoms with Gasteiger partial charge in [-0.05, 0) is 82.6 Å². The van der Waals surface area contributed by atoms with E-state index in [1.165, 1.54) is 10.8 Å². The molecule has 14 rings (SSSR count). The van der Waals surface area contributed by atoms with Crippen LogP contribution < -0.4 is 0 Å². The Kier molecular flexibility index (Phi) is 8.15. The first-order chi connectivity index (χ1) is 33.2. The first-order valence-electron chi connectivity index (χ1n) is 22.4. The molecule has 6 aromatic heterocycles. The predicted octanol–water partition coefficient (Wildman–Crippen LogP) is 15.2. The number of furan rings is 1. The van der Waals surface area contributed by atoms with E-state index in [2.05, 4.69) is 183 Å². The summed E-state index contributed by atoms with van der Waals surface area (Å²) < 4.78 is 11.1. The van der Waals surface area contributed by atoms with Gasteiger partial charge in [-0.3, -0.25) is 9.97 Å². The summed E-state index contributed by atoms with van der Waals surface area (Å²) >= 11 is 0. The molecule has 6 heterocycles. The van der Waals surface area contributed by atoms with Crippen LogP contribution in [0.3, 0.4) is 0 Å². The smallest absolute Gasteiger partial charge is 0.160 e. The highest BCUT2D eigenvalue weighted by Gasteiger charge is 2.20. The van der Waals surface area contributed by atoms with Gasteiger partial charge in [0.05, 0.1) is 45.8 Å². The fraction of sp³-hybridized carbons (Fsp3) is 0. The number of para-hydroxylation sites is 3. The zero-order valence-electron chi connectivity index (χ0n) is 35.9. The van der Waals surface area contributed by atoms with Crippen LogP contribution in [0.25, 0.3) is 133 Å². The van der Waals surface area contributed by atoms with Gasteiger partial charge in [0, 0.05) is 72.8 Å². The molecule has 0 saturated heterocycles. The van der Waals surface area contributed by atoms with Crippen LogP contribution in [-0.4, -0.2) is 29.1 Å². The maximum absolute atomic E-state index is 6.45. The predicted molar refractivity (Wildman–Crippen MR) is 273 cm³/mol. The second kappa shape index (κ2) is 14.7. The zero-order chi connectivity index (χ0) is 44.0. The number of benzene rings is 8. The summed E-state index contributed by atoms with van der Waals surface area (Å²) in [6.45, 7) is 0. The van der Waals surface area contributed by atoms with Gasteiger partial charge in [0.2, 0.25) is 0 Å². The summed E-state index contributed by atoms with van der Waals surface area (Å²) in [6.07, 6.45) is 7.66. The lowest BCUT2D eigenvalue weighted by molar-refractivity contribution is 0.669. The van der Waals surface area contributed by atoms with E-state index in [1.54, 1.807) is 0 Å². The highest BCUT2D eigenvalue weighted by atomic mass is 16.3. The molecule has 0 N–H and O–H groups in total. The van der Waals surface area contributed by atoms with Gasteiger partial charge >= 0.3 is 0 Å². The van der Waals surface area contributed by atoms with E-state index in [4.69, 9.17) is 14.4 Å². The minimum atomic E-state index is 0.646. The van der Waals surface area contributed by atoms with Crippen LogP contribution in [0.5, 0.6) is 0 Å². The van der Waals surface area contributed by atoms with E-state index in [0.29, 0.717) is 5.82 Å². The van der Waals surface area contributed by atoms with Crippen molar-refractivity contribution in [3.63, 3.8) is 0 Å². The van der Waals surface area contributed by atoms with Gasteiger partial charge in [-0.25, -0.2) is 9.97 Å². The Morgan fingerprint density at radius 3 is 1.52 bits per heavy atom. The van der Waals surface area contributed by atoms with Crippen LogP contribution >= 0.6 is 0 Å². The first kappa shape index (κ1) is 37.2. The molecule has 7 heteroatoms. The van der Waals surface area contributed by atoms with Crippen molar-refractivity contribution in [2.24, 2.45) is 0 Å². The van der Waals surface area contributed by atoms with Gasteiger partial charge in [0.15, 0.2) is 5.82 Å². The molecule has 0 saturated carbocycles. The quantitative estimate of drug-likeness (QED) is 0.167. The molecule has 0 spiro atoms. The first-order valence-corrected chi connectivity index (χ1v) is 22.4. The normalized spacial score (nSPS) is 11.9. The Balaban J connectivity index is 0.984. The van der Waals surface area contributed by atoms with Gasteiger partial charge in [0.1, 0.15) is 11.2 Å². The maximum Gasteiger partial charge on any atom is 0.160 e. The lowest BCUT2D eigenvalue weighted by Crippen LogP contribution is -2.02. The highest BCUT2D eigenvalue weighted by molar-refractivity contribution is 6.22. The van der Waals surface area contributed by atoms with Gasteiger partial charge in [-0.15, -0.1) is 0 Å². The SMILES string of the molecule is c1ccc(-c2nc(-c3ccc(-c4cc5oc6ccccc6c5c5ccccc45)cc3)cc(-c3cc(-n4c5ccccc5c5ccncc54)cc(-n4c5ccccc5c5ccncc54)c3)n2)cc1. The van der Waals surface area contributed by atoms with Crippen molar-refractivity contribution < 1.29 is 4.42 Å². The number of hydrogen-bond donors (Lipinski definition) is 0. The molecule has 0 aliphatic heterocycles. The van der Waals surface area contributed by atoms with Crippen LogP contribution in [-0.2, 0) is 0 Å². The lowest BCUT2D eigenvalue weighted by atomic mass is 9.94. The van der Waals surface area contributed by atoms with E-state index in [9.17, 15) is 0 Å². The van der Waals surface area contributed by atoms with Crippen LogP contribution in [0.1, 0.15) is 0 Å². The van der Waals surface area contributed by atoms with Crippen molar-refractivity contribution >= 4 is 76.3 Å². The summed E-state index contributed by atoms with van der Waals surface area (Å²) in [5.74, 6) is 0.646. The molecule has 0 fully saturated rings. The lowest BCUT2D eigenvalue weighted by Gasteiger charge is -2.16. The Morgan fingerprint density at radius 1 is 0.343 bits per heavy atom. The Bertz CT molecular complexity index is 4040. The second-order valence-electron chi connectivity index (χ2n) is 17.1. The number of fused-ring (bicyclic) bond motifs is 11. The fourth-order valence-electron chi connectivity index (χ4n) is 10.3. The summed E-state index contributed by atoms with van der Waals surface area (Å²) in [5, 5.41) is 9.24. The molecule has 0 radical (unpaired) electrons. The number of aromatic nitrogens is 6. The molecule has 0 amide bonds. The maximum atomic E-state index is 6.45. The molecule has 8 aromatic carbocycles. The number of hydrogen-bond acceptors (Lipinski definition) is 5. The summed E-state index contributed by atoms with van der Waals surface area (Å²) in [7, 11) is 0. The van der Waals surface area contributed by atoms with Crippen molar-refractivity contribution in [2.45, 2.75) is 0 Å². The summed E-state index contributed by atoms with van der Waals surface area (Å²) in [5.41, 5.74) is 14.7. The molecule has 0 aliphatic rings. The average molecular weight is 857 g/mol. The third-order valence-corrected chi connectivity index (χ3v) is 13.3. The number of nitrogens with zero attached hydrogens (tertiary/aromatic N) is 6. The van der Waals surface area contributed by atoms with Crippen LogP contribution in [0, 0.1) is 0 Å². The Hall–Kier alpha value is -9.20. The summed E-state index contributed by atoms with van der Waals surface area (Å²) in [4.78, 5) is 19.9. The van der Waals surface area contributed by atoms with Crippen LogP contribution in [0.2, 0.25) is 0 Å². The fourth-order valence-corrected chi connectivity index (χ4v) is 10.3. The van der Waals surface area contributed by atoms with E-state index < -0.39 is 0 Å². The largest absolute Gasteiger partial charge is 0.456 e. The molecular weight excluding hydrogens is 821 g/mol. The highest BCUT2D eigenvalue weighted by Crippen LogP contribution is 2.42. The van der Waals surface area contributed by atoms with Crippen molar-refractivity contribution in [1.29, 1.82) is 0 Å². The van der Waals surface area contributed by atoms with Crippen molar-refractivity contribution in [3.05, 3.63) is 219 Å². The Morgan fingerprint density at radius 2 is 0.866 bits per heavy atom. The molecule has 0 atom stereocenters. The van der Waals surface area contributed by atoms with Crippen molar-refractivity contribution in [2.75, 3.05) is 0 Å². The second-order valence-corrected chi connectivity index (χ2v) is 17.1. The van der Waals surface area contributed by atoms with E-state index in [1.807, 2.05) is 55.1 Å². The van der Waals surface area contributed by atoms with Gasteiger partial charge in [-0.2, -0.15) is 0 Å². The summed E-state index contributed by atoms with van der Waals surface area (Å²) in [6, 6.07) is 68.3. The minimum Gasteiger partial charge on any atom is -0.456 e. The third kappa shape index (κ3) is 5.85. The molecule has 67 heavy (non-hydrogen) atoms. The molecule has 312 valence electrons. The molecule has 0 unspecified atom stereocenters. The minimum absolute atomic E-state index is 0.646. The molecule has 7 nitrogen and oxygen atoms in total. The molecule has 14 aromatic rings. The zero-order valence-corrected chi connectivity index (χ0v) is 35.9. The monoisotopic (exact) mass is 856 g/mol. The molecule has 0 aliphatic carbocycles. The van der Waals surface area contributed by atoms with Crippen LogP contribution in [0.4, 0.5) is 0 Å². The van der Waals surface area contributed by atoms with Crippen LogP contribution in [0.15, 0.2) is 223 Å². The van der Waals surface area contributed by atoms with E-state index >= 15 is 0 Å². The van der Waals surface area contributed by atoms with Gasteiger partial charge < -0.3 is 13.6 Å². The number of pyridine rings is 2. The average Bonchev–Trinajstić information content (AvgIpc) is 4.06. The van der Waals surface area contributed by atoms with E-state index in [0.717, 1.165) is 116 Å². The third-order valence-electron chi connectivity index (χ3n) is 13.3. The Labute approximate surface area is 383 Å². The van der Waals surface area contributed by atoms with Crippen molar-refractivity contribution in [3.8, 4) is 56.4 Å². The standard InChI is InChI=1S/C60H36N6O/c1-2-12-39(13-3-1)60-63-51(38-24-22-37(23-25-38)50-33-58-59(48-17-5-4-14-43(48)50)49-18-8-11-21-57(49)67-58)34-52(64-60)40-30-41(65-53-19-9-6-15-44(53)46-26-28-61-35-55(46)65)32-42(31-40)66-54-20-10-7-16-45(54)47-27-29-62-36-56(47)66/h1-36H. The van der Waals surface area contributed by atoms with Gasteiger partial charge in [0.25, 0.3) is 0 Å². The topological polar surface area (TPSA) is 74.6 Å². The van der Waals surface area contributed by atoms with E-state index in [-0.39, 0.29) is 0 Å². The molecular formula is C60H36N6O.